The van der Waals surface area contributed by atoms with Gasteiger partial charge >= 0.3 is 23.0 Å². The first-order valence-electron chi connectivity index (χ1n) is 10.7. The average Bonchev–Trinajstić information content (AvgIpc) is 2.75. The first-order chi connectivity index (χ1) is 14.5. The molecule has 10 N–H and O–H groups in total. The second kappa shape index (κ2) is 12.8. The number of nitrogens with two attached hydrogens (primary N) is 1. The molecule has 0 spiro atoms. The average molecular weight is 484 g/mol. The molecule has 0 aliphatic carbocycles. The van der Waals surface area contributed by atoms with Gasteiger partial charge in [0.1, 0.15) is 5.79 Å². The van der Waals surface area contributed by atoms with Crippen LogP contribution in [0.3, 0.4) is 0 Å². The fraction of sp³-hybridized carbons (Fsp3) is 0.650. The van der Waals surface area contributed by atoms with E-state index in [1.54, 1.807) is 12.1 Å². The third kappa shape index (κ3) is 8.39. The number of aromatic carboxylic acids is 1. The number of nitrogens with one attached hydrogen (secondary N) is 7. The summed E-state index contributed by atoms with van der Waals surface area (Å²) in [5, 5.41) is 33.8. The maximum Gasteiger partial charge on any atom is 2.00 e. The predicted molar refractivity (Wildman–Crippen MR) is 117 cm³/mol. The van der Waals surface area contributed by atoms with Crippen LogP contribution < -0.4 is 43.0 Å². The van der Waals surface area contributed by atoms with Gasteiger partial charge in [-0.05, 0) is 17.7 Å². The molecule has 0 unspecified atom stereocenters. The van der Waals surface area contributed by atoms with Crippen LogP contribution in [-0.2, 0) is 23.6 Å². The van der Waals surface area contributed by atoms with Crippen LogP contribution in [0, 0.1) is 0 Å². The summed E-state index contributed by atoms with van der Waals surface area (Å²) in [6.07, 6.45) is 0. The monoisotopic (exact) mass is 484 g/mol. The summed E-state index contributed by atoms with van der Waals surface area (Å²) in [7, 11) is 0. The molecular formula is C20H36CuN8O2+2. The maximum atomic E-state index is 11.1. The number of fused-ring (bicyclic) bond motifs is 13. The van der Waals surface area contributed by atoms with Gasteiger partial charge in [-0.15, -0.1) is 0 Å². The van der Waals surface area contributed by atoms with E-state index >= 15 is 0 Å². The van der Waals surface area contributed by atoms with E-state index in [9.17, 15) is 4.79 Å². The van der Waals surface area contributed by atoms with Crippen molar-refractivity contribution >= 4 is 5.97 Å². The second-order valence-corrected chi connectivity index (χ2v) is 8.17. The molecule has 3 aliphatic heterocycles. The molecule has 10 nitrogen and oxygen atoms in total. The van der Waals surface area contributed by atoms with Crippen LogP contribution in [0.2, 0.25) is 0 Å². The van der Waals surface area contributed by atoms with Crippen molar-refractivity contribution in [1.29, 1.82) is 0 Å². The molecule has 1 aromatic rings. The minimum Gasteiger partial charge on any atom is -0.478 e. The Balaban J connectivity index is 0.00000341. The number of hydrogen-bond acceptors (Lipinski definition) is 9. The first-order valence-corrected chi connectivity index (χ1v) is 10.7. The van der Waals surface area contributed by atoms with Crippen molar-refractivity contribution in [2.75, 3.05) is 65.4 Å². The van der Waals surface area contributed by atoms with Crippen LogP contribution in [0.15, 0.2) is 24.3 Å². The Morgan fingerprint density at radius 3 is 1.87 bits per heavy atom. The van der Waals surface area contributed by atoms with Crippen molar-refractivity contribution in [3.63, 3.8) is 0 Å². The Morgan fingerprint density at radius 1 is 0.871 bits per heavy atom. The van der Waals surface area contributed by atoms with Gasteiger partial charge in [0.2, 0.25) is 0 Å². The maximum absolute atomic E-state index is 11.1. The molecule has 3 fully saturated rings. The number of hydrogen-bond donors (Lipinski definition) is 9. The summed E-state index contributed by atoms with van der Waals surface area (Å²) in [6, 6.07) is 7.04. The van der Waals surface area contributed by atoms with Crippen LogP contribution in [0.4, 0.5) is 0 Å². The van der Waals surface area contributed by atoms with Gasteiger partial charge in [0.15, 0.2) is 0 Å². The smallest absolute Gasteiger partial charge is 0.478 e. The quantitative estimate of drug-likeness (QED) is 0.208. The summed E-state index contributed by atoms with van der Waals surface area (Å²) in [6.45, 7) is 8.49. The molecule has 0 saturated carbocycles. The molecule has 0 amide bonds. The molecule has 11 heteroatoms. The minimum atomic E-state index is -0.905. The molecule has 0 atom stereocenters. The Labute approximate surface area is 194 Å². The Bertz CT molecular complexity index is 662. The normalized spacial score (nSPS) is 28.5. The zero-order valence-electron chi connectivity index (χ0n) is 17.8. The van der Waals surface area contributed by atoms with E-state index in [0.717, 1.165) is 64.5 Å². The Morgan fingerprint density at radius 2 is 1.35 bits per heavy atom. The molecule has 31 heavy (non-hydrogen) atoms. The van der Waals surface area contributed by atoms with Crippen molar-refractivity contribution in [2.45, 2.75) is 17.9 Å². The number of benzene rings is 1. The summed E-state index contributed by atoms with van der Waals surface area (Å²) in [5.41, 5.74) is 7.65. The third-order valence-electron chi connectivity index (χ3n) is 5.63. The van der Waals surface area contributed by atoms with Gasteiger partial charge in [-0.2, -0.15) is 0 Å². The number of carbonyl (C=O) groups is 1. The molecule has 2 bridgehead atoms. The Kier molecular flexibility index (Phi) is 10.8. The van der Waals surface area contributed by atoms with Gasteiger partial charge in [-0.25, -0.2) is 4.79 Å². The van der Waals surface area contributed by atoms with Crippen molar-refractivity contribution in [2.24, 2.45) is 5.73 Å². The van der Waals surface area contributed by atoms with Gasteiger partial charge in [0.05, 0.1) is 11.1 Å². The van der Waals surface area contributed by atoms with E-state index in [4.69, 9.17) is 10.8 Å². The molecule has 3 saturated heterocycles. The minimum absolute atomic E-state index is 0. The standard InChI is InChI=1S/C20H36N8O2.Cu/c21-20-15-25-6-5-22-12-19(13-23-7-9-26-20,14-24-8-10-27-20)28-11-16-1-3-17(4-2-16)18(29)30;/h1-4,22-28H,5-15,21H2,(H,29,30);/q;+2/i;1+0. The molecular weight excluding hydrogens is 448 g/mol. The van der Waals surface area contributed by atoms with Crippen molar-refractivity contribution in [3.8, 4) is 0 Å². The van der Waals surface area contributed by atoms with E-state index in [2.05, 4.69) is 37.2 Å². The number of carboxylic acids is 1. The third-order valence-corrected chi connectivity index (χ3v) is 5.63. The van der Waals surface area contributed by atoms with E-state index in [1.807, 2.05) is 12.1 Å². The number of carboxylic acid groups (broad SMARTS) is 1. The van der Waals surface area contributed by atoms with Crippen LogP contribution in [0.5, 0.6) is 0 Å². The van der Waals surface area contributed by atoms with Gasteiger partial charge in [-0.1, -0.05) is 12.1 Å². The van der Waals surface area contributed by atoms with Crippen LogP contribution in [0.25, 0.3) is 0 Å². The van der Waals surface area contributed by atoms with E-state index < -0.39 is 11.8 Å². The fourth-order valence-corrected chi connectivity index (χ4v) is 3.81. The number of rotatable bonds is 4. The first kappa shape index (κ1) is 26.1. The SMILES string of the molecule is NC12CNCCNCC(NCc3ccc(C(=O)O)cc3)(CNCCN1)CNCCN2.[64Cu+2]. The van der Waals surface area contributed by atoms with Gasteiger partial charge in [0, 0.05) is 72.0 Å². The summed E-state index contributed by atoms with van der Waals surface area (Å²) in [5.74, 6) is -1.54. The van der Waals surface area contributed by atoms with Crippen LogP contribution in [0.1, 0.15) is 15.9 Å². The van der Waals surface area contributed by atoms with Gasteiger partial charge in [0.25, 0.3) is 0 Å². The van der Waals surface area contributed by atoms with Crippen LogP contribution >= 0.6 is 0 Å². The van der Waals surface area contributed by atoms with Gasteiger partial charge < -0.3 is 31.7 Å². The van der Waals surface area contributed by atoms with E-state index in [1.165, 1.54) is 0 Å². The Hall–Kier alpha value is -1.11. The summed E-state index contributed by atoms with van der Waals surface area (Å²) >= 11 is 0. The zero-order chi connectivity index (χ0) is 21.3. The van der Waals surface area contributed by atoms with Crippen molar-refractivity contribution < 1.29 is 27.0 Å². The molecule has 1 aromatic carbocycles. The molecule has 1 radical (unpaired) electrons. The zero-order valence-corrected chi connectivity index (χ0v) is 18.8. The molecule has 3 aliphatic rings. The van der Waals surface area contributed by atoms with Gasteiger partial charge in [-0.3, -0.25) is 16.4 Å². The van der Waals surface area contributed by atoms with E-state index in [0.29, 0.717) is 18.7 Å². The molecule has 4 rings (SSSR count). The summed E-state index contributed by atoms with van der Waals surface area (Å²) < 4.78 is 0. The second-order valence-electron chi connectivity index (χ2n) is 8.17. The largest absolute Gasteiger partial charge is 2.00 e. The van der Waals surface area contributed by atoms with Crippen molar-refractivity contribution in [3.05, 3.63) is 35.4 Å². The molecule has 3 heterocycles. The topological polar surface area (TPSA) is 148 Å². The summed E-state index contributed by atoms with van der Waals surface area (Å²) in [4.78, 5) is 11.1. The fourth-order valence-electron chi connectivity index (χ4n) is 3.81. The van der Waals surface area contributed by atoms with Crippen molar-refractivity contribution in [1.82, 2.24) is 37.2 Å². The van der Waals surface area contributed by atoms with Crippen LogP contribution in [-0.4, -0.2) is 87.8 Å². The predicted octanol–water partition coefficient (Wildman–Crippen LogP) is -2.61. The van der Waals surface area contributed by atoms with E-state index in [-0.39, 0.29) is 22.6 Å². The molecule has 0 aromatic heterocycles. The molecule has 177 valence electrons.